The second-order valence-electron chi connectivity index (χ2n) is 3.08. The van der Waals surface area contributed by atoms with Crippen molar-refractivity contribution in [2.75, 3.05) is 0 Å². The lowest BCUT2D eigenvalue weighted by Gasteiger charge is -2.07. The van der Waals surface area contributed by atoms with E-state index in [9.17, 15) is 0 Å². The molecular formula is C10H9Br2N3. The number of rotatable bonds is 2. The first-order chi connectivity index (χ1) is 7.20. The molecule has 0 aliphatic carbocycles. The van der Waals surface area contributed by atoms with Crippen molar-refractivity contribution in [2.45, 2.75) is 6.54 Å². The molecule has 0 saturated heterocycles. The van der Waals surface area contributed by atoms with Crippen LogP contribution in [-0.4, -0.2) is 9.78 Å². The fourth-order valence-corrected chi connectivity index (χ4v) is 2.07. The van der Waals surface area contributed by atoms with Gasteiger partial charge in [0.1, 0.15) is 0 Å². The van der Waals surface area contributed by atoms with E-state index in [1.165, 1.54) is 0 Å². The highest BCUT2D eigenvalue weighted by molar-refractivity contribution is 9.10. The Bertz CT molecular complexity index is 479. The van der Waals surface area contributed by atoms with Crippen LogP contribution in [0.3, 0.4) is 0 Å². The van der Waals surface area contributed by atoms with Crippen LogP contribution < -0.4 is 5.73 Å². The summed E-state index contributed by atoms with van der Waals surface area (Å²) < 4.78 is 3.78. The first kappa shape index (κ1) is 10.9. The Morgan fingerprint density at radius 2 is 2.07 bits per heavy atom. The molecule has 0 saturated carbocycles. The lowest BCUT2D eigenvalue weighted by atomic mass is 10.2. The van der Waals surface area contributed by atoms with Gasteiger partial charge in [0.25, 0.3) is 0 Å². The highest BCUT2D eigenvalue weighted by atomic mass is 79.9. The largest absolute Gasteiger partial charge is 0.326 e. The summed E-state index contributed by atoms with van der Waals surface area (Å²) in [5.41, 5.74) is 7.75. The van der Waals surface area contributed by atoms with Crippen molar-refractivity contribution in [2.24, 2.45) is 5.73 Å². The monoisotopic (exact) mass is 329 g/mol. The number of benzene rings is 1. The van der Waals surface area contributed by atoms with Crippen molar-refractivity contribution in [1.82, 2.24) is 9.78 Å². The molecule has 1 aromatic heterocycles. The molecule has 15 heavy (non-hydrogen) atoms. The smallest absolute Gasteiger partial charge is 0.0691 e. The van der Waals surface area contributed by atoms with Crippen LogP contribution >= 0.6 is 31.9 Å². The molecule has 0 spiro atoms. The molecule has 0 fully saturated rings. The number of hydrogen-bond donors (Lipinski definition) is 1. The average molecular weight is 331 g/mol. The molecule has 0 atom stereocenters. The molecule has 5 heteroatoms. The number of halogens is 2. The maximum absolute atomic E-state index is 5.69. The summed E-state index contributed by atoms with van der Waals surface area (Å²) in [6, 6.07) is 5.97. The van der Waals surface area contributed by atoms with Gasteiger partial charge >= 0.3 is 0 Å². The Balaban J connectivity index is 2.52. The van der Waals surface area contributed by atoms with Crippen molar-refractivity contribution >= 4 is 31.9 Å². The van der Waals surface area contributed by atoms with E-state index in [-0.39, 0.29) is 0 Å². The van der Waals surface area contributed by atoms with Crippen LogP contribution in [0.5, 0.6) is 0 Å². The van der Waals surface area contributed by atoms with Gasteiger partial charge in [-0.3, -0.25) is 0 Å². The number of aromatic nitrogens is 2. The average Bonchev–Trinajstić information content (AvgIpc) is 2.64. The van der Waals surface area contributed by atoms with Gasteiger partial charge in [-0.05, 0) is 39.7 Å². The van der Waals surface area contributed by atoms with Crippen molar-refractivity contribution in [1.29, 1.82) is 0 Å². The van der Waals surface area contributed by atoms with Crippen LogP contribution in [0.15, 0.2) is 39.5 Å². The minimum Gasteiger partial charge on any atom is -0.326 e. The number of nitrogens with zero attached hydrogens (tertiary/aromatic N) is 2. The van der Waals surface area contributed by atoms with Gasteiger partial charge in [0.2, 0.25) is 0 Å². The zero-order valence-corrected chi connectivity index (χ0v) is 11.0. The van der Waals surface area contributed by atoms with Crippen molar-refractivity contribution in [3.8, 4) is 5.69 Å². The van der Waals surface area contributed by atoms with Crippen LogP contribution in [0.4, 0.5) is 0 Å². The molecular weight excluding hydrogens is 322 g/mol. The van der Waals surface area contributed by atoms with E-state index in [0.717, 1.165) is 20.2 Å². The molecule has 2 rings (SSSR count). The van der Waals surface area contributed by atoms with Gasteiger partial charge in [-0.25, -0.2) is 4.68 Å². The summed E-state index contributed by atoms with van der Waals surface area (Å²) in [5, 5.41) is 4.22. The van der Waals surface area contributed by atoms with Crippen LogP contribution in [0, 0.1) is 0 Å². The zero-order valence-electron chi connectivity index (χ0n) is 7.82. The minimum atomic E-state index is 0.492. The molecule has 0 aliphatic heterocycles. The summed E-state index contributed by atoms with van der Waals surface area (Å²) in [6.07, 6.45) is 3.66. The molecule has 2 N–H and O–H groups in total. The molecule has 0 radical (unpaired) electrons. The van der Waals surface area contributed by atoms with Crippen molar-refractivity contribution in [3.63, 3.8) is 0 Å². The fourth-order valence-electron chi connectivity index (χ4n) is 1.37. The standard InChI is InChI=1S/C10H9Br2N3/c11-8-1-2-10(7(3-8)4-13)15-6-9(12)5-14-15/h1-3,5-6H,4,13H2. The van der Waals surface area contributed by atoms with E-state index in [4.69, 9.17) is 5.73 Å². The summed E-state index contributed by atoms with van der Waals surface area (Å²) in [7, 11) is 0. The first-order valence-electron chi connectivity index (χ1n) is 4.40. The highest BCUT2D eigenvalue weighted by Crippen LogP contribution is 2.20. The van der Waals surface area contributed by atoms with Crippen LogP contribution in [0.2, 0.25) is 0 Å². The van der Waals surface area contributed by atoms with Gasteiger partial charge in [-0.2, -0.15) is 5.10 Å². The Morgan fingerprint density at radius 3 is 2.67 bits per heavy atom. The topological polar surface area (TPSA) is 43.8 Å². The summed E-state index contributed by atoms with van der Waals surface area (Å²) in [6.45, 7) is 0.492. The Hall–Kier alpha value is -0.650. The first-order valence-corrected chi connectivity index (χ1v) is 5.98. The zero-order chi connectivity index (χ0) is 10.8. The van der Waals surface area contributed by atoms with E-state index < -0.39 is 0 Å². The van der Waals surface area contributed by atoms with Crippen LogP contribution in [-0.2, 0) is 6.54 Å². The summed E-state index contributed by atoms with van der Waals surface area (Å²) >= 11 is 6.79. The van der Waals surface area contributed by atoms with Gasteiger partial charge in [0.05, 0.1) is 16.4 Å². The second-order valence-corrected chi connectivity index (χ2v) is 4.91. The second kappa shape index (κ2) is 4.47. The predicted octanol–water partition coefficient (Wildman–Crippen LogP) is 2.86. The quantitative estimate of drug-likeness (QED) is 0.920. The van der Waals surface area contributed by atoms with Crippen molar-refractivity contribution < 1.29 is 0 Å². The van der Waals surface area contributed by atoms with Crippen LogP contribution in [0.1, 0.15) is 5.56 Å². The van der Waals surface area contributed by atoms with Gasteiger partial charge in [0.15, 0.2) is 0 Å². The lowest BCUT2D eigenvalue weighted by molar-refractivity contribution is 0.858. The molecule has 1 aromatic carbocycles. The Morgan fingerprint density at radius 1 is 1.27 bits per heavy atom. The molecule has 0 unspecified atom stereocenters. The lowest BCUT2D eigenvalue weighted by Crippen LogP contribution is -2.04. The van der Waals surface area contributed by atoms with Gasteiger partial charge in [-0.1, -0.05) is 15.9 Å². The van der Waals surface area contributed by atoms with E-state index in [0.29, 0.717) is 6.54 Å². The van der Waals surface area contributed by atoms with Gasteiger partial charge < -0.3 is 5.73 Å². The fraction of sp³-hybridized carbons (Fsp3) is 0.100. The maximum Gasteiger partial charge on any atom is 0.0691 e. The third-order valence-electron chi connectivity index (χ3n) is 2.06. The van der Waals surface area contributed by atoms with Crippen molar-refractivity contribution in [3.05, 3.63) is 45.1 Å². The molecule has 3 nitrogen and oxygen atoms in total. The Kier molecular flexibility index (Phi) is 3.23. The van der Waals surface area contributed by atoms with E-state index >= 15 is 0 Å². The Labute approximate surface area is 105 Å². The van der Waals surface area contributed by atoms with Crippen LogP contribution in [0.25, 0.3) is 5.69 Å². The third-order valence-corrected chi connectivity index (χ3v) is 2.96. The van der Waals surface area contributed by atoms with E-state index in [1.807, 2.05) is 24.4 Å². The van der Waals surface area contributed by atoms with Gasteiger partial charge in [-0.15, -0.1) is 0 Å². The van der Waals surface area contributed by atoms with E-state index in [2.05, 4.69) is 37.0 Å². The molecule has 2 aromatic rings. The minimum absolute atomic E-state index is 0.492. The summed E-state index contributed by atoms with van der Waals surface area (Å²) in [4.78, 5) is 0. The molecule has 0 aliphatic rings. The highest BCUT2D eigenvalue weighted by Gasteiger charge is 2.05. The molecule has 78 valence electrons. The van der Waals surface area contributed by atoms with E-state index in [1.54, 1.807) is 10.9 Å². The predicted molar refractivity (Wildman–Crippen MR) is 66.9 cm³/mol. The summed E-state index contributed by atoms with van der Waals surface area (Å²) in [5.74, 6) is 0. The molecule has 1 heterocycles. The number of nitrogens with two attached hydrogens (primary N) is 1. The SMILES string of the molecule is NCc1cc(Br)ccc1-n1cc(Br)cn1. The maximum atomic E-state index is 5.69. The third kappa shape index (κ3) is 2.30. The van der Waals surface area contributed by atoms with Gasteiger partial charge in [0, 0.05) is 17.2 Å². The molecule has 0 bridgehead atoms. The molecule has 0 amide bonds. The normalized spacial score (nSPS) is 10.6. The number of hydrogen-bond acceptors (Lipinski definition) is 2.